The van der Waals surface area contributed by atoms with Crippen LogP contribution in [0.2, 0.25) is 0 Å². The monoisotopic (exact) mass is 264 g/mol. The van der Waals surface area contributed by atoms with Gasteiger partial charge in [-0.1, -0.05) is 0 Å². The Morgan fingerprint density at radius 2 is 2.22 bits per heavy atom. The minimum Gasteiger partial charge on any atom is -0.465 e. The smallest absolute Gasteiger partial charge is 0.338 e. The lowest BCUT2D eigenvalue weighted by molar-refractivity contribution is 0.0601. The number of ether oxygens (including phenoxy) is 1. The van der Waals surface area contributed by atoms with Crippen LogP contribution in [0.5, 0.6) is 0 Å². The van der Waals surface area contributed by atoms with E-state index in [0.717, 1.165) is 5.69 Å². The average Bonchev–Trinajstić information content (AvgIpc) is 2.97. The predicted molar refractivity (Wildman–Crippen MR) is 69.1 cm³/mol. The minimum absolute atomic E-state index is 0.202. The Morgan fingerprint density at radius 3 is 2.83 bits per heavy atom. The molecule has 0 saturated heterocycles. The maximum Gasteiger partial charge on any atom is 0.338 e. The maximum atomic E-state index is 11.9. The number of thiophene rings is 1. The Labute approximate surface area is 108 Å². The molecule has 0 bridgehead atoms. The van der Waals surface area contributed by atoms with Gasteiger partial charge in [0.05, 0.1) is 23.2 Å². The summed E-state index contributed by atoms with van der Waals surface area (Å²) in [4.78, 5) is 26.1. The third kappa shape index (κ3) is 2.43. The van der Waals surface area contributed by atoms with Gasteiger partial charge >= 0.3 is 5.97 Å². The van der Waals surface area contributed by atoms with Gasteiger partial charge in [0.1, 0.15) is 0 Å². The van der Waals surface area contributed by atoms with E-state index in [-0.39, 0.29) is 5.91 Å². The van der Waals surface area contributed by atoms with Crippen molar-refractivity contribution in [1.82, 2.24) is 4.98 Å². The maximum absolute atomic E-state index is 11.9. The van der Waals surface area contributed by atoms with Crippen LogP contribution in [-0.2, 0) is 4.74 Å². The molecule has 0 aliphatic carbocycles. The standard InChI is InChI=1S/C12H12N2O3S/c1-7-9(3-4-13-7)11(15)14-10-5-8(6-18-10)12(16)17-2/h3-6,13H,1-2H3,(H,14,15). The van der Waals surface area contributed by atoms with Gasteiger partial charge in [-0.2, -0.15) is 0 Å². The molecule has 1 amide bonds. The third-order valence-corrected chi connectivity index (χ3v) is 3.30. The number of H-pyrrole nitrogens is 1. The Morgan fingerprint density at radius 1 is 1.44 bits per heavy atom. The lowest BCUT2D eigenvalue weighted by Gasteiger charge is -2.01. The molecule has 5 nitrogen and oxygen atoms in total. The Balaban J connectivity index is 2.11. The molecular formula is C12H12N2O3S. The molecule has 0 saturated carbocycles. The number of hydrogen-bond donors (Lipinski definition) is 2. The molecule has 0 aliphatic heterocycles. The molecule has 2 rings (SSSR count). The molecule has 0 aliphatic rings. The van der Waals surface area contributed by atoms with Crippen LogP contribution in [0.1, 0.15) is 26.4 Å². The molecule has 0 radical (unpaired) electrons. The number of aromatic nitrogens is 1. The number of aromatic amines is 1. The molecule has 6 heteroatoms. The van der Waals surface area contributed by atoms with Crippen molar-refractivity contribution in [3.05, 3.63) is 40.5 Å². The summed E-state index contributed by atoms with van der Waals surface area (Å²) in [5.74, 6) is -0.614. The van der Waals surface area contributed by atoms with Gasteiger partial charge in [-0.25, -0.2) is 4.79 Å². The first-order chi connectivity index (χ1) is 8.61. The number of nitrogens with one attached hydrogen (secondary N) is 2. The Bertz CT molecular complexity index is 586. The van der Waals surface area contributed by atoms with Gasteiger partial charge < -0.3 is 15.0 Å². The topological polar surface area (TPSA) is 71.2 Å². The van der Waals surface area contributed by atoms with Gasteiger partial charge in [-0.15, -0.1) is 11.3 Å². The zero-order chi connectivity index (χ0) is 13.1. The van der Waals surface area contributed by atoms with E-state index < -0.39 is 5.97 Å². The van der Waals surface area contributed by atoms with Crippen molar-refractivity contribution in [3.63, 3.8) is 0 Å². The molecule has 2 heterocycles. The van der Waals surface area contributed by atoms with Gasteiger partial charge in [-0.3, -0.25) is 4.79 Å². The first-order valence-electron chi connectivity index (χ1n) is 5.24. The van der Waals surface area contributed by atoms with Crippen molar-refractivity contribution >= 4 is 28.2 Å². The van der Waals surface area contributed by atoms with Crippen LogP contribution >= 0.6 is 11.3 Å². The largest absolute Gasteiger partial charge is 0.465 e. The highest BCUT2D eigenvalue weighted by Crippen LogP contribution is 2.22. The number of carbonyl (C=O) groups excluding carboxylic acids is 2. The fraction of sp³-hybridized carbons (Fsp3) is 0.167. The number of hydrogen-bond acceptors (Lipinski definition) is 4. The minimum atomic E-state index is -0.412. The highest BCUT2D eigenvalue weighted by Gasteiger charge is 2.13. The molecule has 2 N–H and O–H groups in total. The zero-order valence-electron chi connectivity index (χ0n) is 9.94. The molecule has 18 heavy (non-hydrogen) atoms. The lowest BCUT2D eigenvalue weighted by Crippen LogP contribution is -2.11. The van der Waals surface area contributed by atoms with E-state index >= 15 is 0 Å². The zero-order valence-corrected chi connectivity index (χ0v) is 10.8. The summed E-state index contributed by atoms with van der Waals surface area (Å²) < 4.78 is 4.60. The summed E-state index contributed by atoms with van der Waals surface area (Å²) in [6.07, 6.45) is 1.71. The van der Waals surface area contributed by atoms with E-state index in [0.29, 0.717) is 16.1 Å². The van der Waals surface area contributed by atoms with Crippen LogP contribution in [0.15, 0.2) is 23.7 Å². The second-order valence-corrected chi connectivity index (χ2v) is 4.57. The van der Waals surface area contributed by atoms with Crippen molar-refractivity contribution in [2.45, 2.75) is 6.92 Å². The second-order valence-electron chi connectivity index (χ2n) is 3.66. The molecule has 94 valence electrons. The fourth-order valence-corrected chi connectivity index (χ4v) is 2.27. The summed E-state index contributed by atoms with van der Waals surface area (Å²) in [7, 11) is 1.32. The van der Waals surface area contributed by atoms with Gasteiger partial charge in [0.25, 0.3) is 5.91 Å². The quantitative estimate of drug-likeness (QED) is 0.836. The molecule has 0 aromatic carbocycles. The van der Waals surface area contributed by atoms with E-state index in [4.69, 9.17) is 0 Å². The highest BCUT2D eigenvalue weighted by atomic mass is 32.1. The summed E-state index contributed by atoms with van der Waals surface area (Å²) in [6.45, 7) is 1.82. The average molecular weight is 264 g/mol. The van der Waals surface area contributed by atoms with Crippen LogP contribution in [0.25, 0.3) is 0 Å². The molecule has 2 aromatic rings. The fourth-order valence-electron chi connectivity index (χ4n) is 1.50. The summed E-state index contributed by atoms with van der Waals surface area (Å²) in [6, 6.07) is 3.30. The van der Waals surface area contributed by atoms with E-state index in [9.17, 15) is 9.59 Å². The summed E-state index contributed by atoms with van der Waals surface area (Å²) in [5, 5.41) is 4.99. The van der Waals surface area contributed by atoms with Crippen LogP contribution in [-0.4, -0.2) is 24.0 Å². The number of anilines is 1. The van der Waals surface area contributed by atoms with Gasteiger partial charge in [0.2, 0.25) is 0 Å². The van der Waals surface area contributed by atoms with Crippen molar-refractivity contribution in [3.8, 4) is 0 Å². The van der Waals surface area contributed by atoms with Crippen LogP contribution in [0.4, 0.5) is 5.00 Å². The van der Waals surface area contributed by atoms with Crippen molar-refractivity contribution in [1.29, 1.82) is 0 Å². The van der Waals surface area contributed by atoms with E-state index in [1.165, 1.54) is 18.4 Å². The molecule has 2 aromatic heterocycles. The van der Waals surface area contributed by atoms with Crippen LogP contribution in [0.3, 0.4) is 0 Å². The number of amides is 1. The highest BCUT2D eigenvalue weighted by molar-refractivity contribution is 7.14. The van der Waals surface area contributed by atoms with Crippen molar-refractivity contribution in [2.75, 3.05) is 12.4 Å². The van der Waals surface area contributed by atoms with E-state index in [1.54, 1.807) is 23.7 Å². The Hall–Kier alpha value is -2.08. The first-order valence-corrected chi connectivity index (χ1v) is 6.12. The van der Waals surface area contributed by atoms with Gasteiger partial charge in [0, 0.05) is 17.3 Å². The number of carbonyl (C=O) groups is 2. The summed E-state index contributed by atoms with van der Waals surface area (Å²) >= 11 is 1.28. The van der Waals surface area contributed by atoms with Crippen molar-refractivity contribution < 1.29 is 14.3 Å². The Kier molecular flexibility index (Phi) is 3.47. The van der Waals surface area contributed by atoms with Crippen molar-refractivity contribution in [2.24, 2.45) is 0 Å². The lowest BCUT2D eigenvalue weighted by atomic mass is 10.2. The van der Waals surface area contributed by atoms with Gasteiger partial charge in [-0.05, 0) is 19.1 Å². The van der Waals surface area contributed by atoms with Crippen LogP contribution in [0, 0.1) is 6.92 Å². The van der Waals surface area contributed by atoms with Crippen LogP contribution < -0.4 is 5.32 Å². The van der Waals surface area contributed by atoms with E-state index in [2.05, 4.69) is 15.0 Å². The SMILES string of the molecule is COC(=O)c1csc(NC(=O)c2cc[nH]c2C)c1. The summed E-state index contributed by atoms with van der Waals surface area (Å²) in [5.41, 5.74) is 1.82. The molecule has 0 fully saturated rings. The number of aryl methyl sites for hydroxylation is 1. The number of methoxy groups -OCH3 is 1. The van der Waals surface area contributed by atoms with E-state index in [1.807, 2.05) is 6.92 Å². The number of esters is 1. The molecule has 0 atom stereocenters. The molecule has 0 unspecified atom stereocenters. The third-order valence-electron chi connectivity index (χ3n) is 2.46. The molecular weight excluding hydrogens is 252 g/mol. The molecule has 0 spiro atoms. The number of rotatable bonds is 3. The second kappa shape index (κ2) is 5.05. The van der Waals surface area contributed by atoms with Gasteiger partial charge in [0.15, 0.2) is 0 Å². The predicted octanol–water partition coefficient (Wildman–Crippen LogP) is 2.42. The first kappa shape index (κ1) is 12.4. The normalized spacial score (nSPS) is 10.1.